The van der Waals surface area contributed by atoms with Crippen LogP contribution in [0.25, 0.3) is 11.1 Å². The number of carbonyl (C=O) groups is 3. The number of hydrogen-bond donors (Lipinski definition) is 3. The quantitative estimate of drug-likeness (QED) is 0.548. The predicted octanol–water partition coefficient (Wildman–Crippen LogP) is 2.84. The number of alkyl carbamates (subject to hydrolysis) is 1. The molecule has 158 valence electrons. The average molecular weight is 414 g/mol. The van der Waals surface area contributed by atoms with Gasteiger partial charge in [-0.2, -0.15) is 0 Å². The largest absolute Gasteiger partial charge is 0.481 e. The van der Waals surface area contributed by atoms with Crippen LogP contribution in [0, 0.1) is 0 Å². The molecule has 1 aliphatic carbocycles. The summed E-state index contributed by atoms with van der Waals surface area (Å²) in [6, 6.07) is 14.4. The molecule has 0 bridgehead atoms. The molecule has 7 nitrogen and oxygen atoms in total. The Morgan fingerprint density at radius 2 is 1.63 bits per heavy atom. The lowest BCUT2D eigenvalue weighted by Crippen LogP contribution is -2.48. The monoisotopic (exact) mass is 414 g/mol. The van der Waals surface area contributed by atoms with E-state index in [1.165, 1.54) is 0 Å². The van der Waals surface area contributed by atoms with Crippen LogP contribution in [-0.2, 0) is 14.3 Å². The molecule has 8 heteroatoms. The first-order chi connectivity index (χ1) is 14.5. The van der Waals surface area contributed by atoms with Crippen LogP contribution in [0.5, 0.6) is 0 Å². The van der Waals surface area contributed by atoms with E-state index in [1.54, 1.807) is 0 Å². The van der Waals surface area contributed by atoms with Crippen molar-refractivity contribution in [2.24, 2.45) is 0 Å². The molecular formula is C22H23FN2O5. The molecule has 30 heavy (non-hydrogen) atoms. The molecule has 0 heterocycles. The fourth-order valence-corrected chi connectivity index (χ4v) is 3.57. The highest BCUT2D eigenvalue weighted by Crippen LogP contribution is 2.44. The van der Waals surface area contributed by atoms with Crippen LogP contribution in [-0.4, -0.2) is 48.9 Å². The van der Waals surface area contributed by atoms with Gasteiger partial charge in [0.1, 0.15) is 12.6 Å². The molecule has 0 spiro atoms. The van der Waals surface area contributed by atoms with E-state index in [-0.39, 0.29) is 25.5 Å². The van der Waals surface area contributed by atoms with E-state index in [4.69, 9.17) is 9.84 Å². The lowest BCUT2D eigenvalue weighted by molar-refractivity contribution is -0.139. The predicted molar refractivity (Wildman–Crippen MR) is 108 cm³/mol. The number of carboxylic acid groups (broad SMARTS) is 1. The van der Waals surface area contributed by atoms with E-state index >= 15 is 0 Å². The fraction of sp³-hybridized carbons (Fsp3) is 0.318. The van der Waals surface area contributed by atoms with Crippen molar-refractivity contribution in [1.29, 1.82) is 0 Å². The Morgan fingerprint density at radius 3 is 2.20 bits per heavy atom. The first-order valence-electron chi connectivity index (χ1n) is 9.68. The van der Waals surface area contributed by atoms with Gasteiger partial charge in [0.25, 0.3) is 0 Å². The minimum Gasteiger partial charge on any atom is -0.481 e. The lowest BCUT2D eigenvalue weighted by Gasteiger charge is -2.18. The minimum absolute atomic E-state index is 0.0448. The van der Waals surface area contributed by atoms with Crippen LogP contribution in [0.4, 0.5) is 9.18 Å². The van der Waals surface area contributed by atoms with E-state index in [0.29, 0.717) is 0 Å². The summed E-state index contributed by atoms with van der Waals surface area (Å²) in [6.45, 7) is -0.509. The van der Waals surface area contributed by atoms with Crippen molar-refractivity contribution in [2.45, 2.75) is 24.8 Å². The number of ether oxygens (including phenoxy) is 1. The summed E-state index contributed by atoms with van der Waals surface area (Å²) in [7, 11) is 0. The van der Waals surface area contributed by atoms with Crippen molar-refractivity contribution in [3.05, 3.63) is 59.7 Å². The molecule has 3 N–H and O–H groups in total. The van der Waals surface area contributed by atoms with Crippen molar-refractivity contribution in [3.8, 4) is 11.1 Å². The summed E-state index contributed by atoms with van der Waals surface area (Å²) in [5.41, 5.74) is 4.24. The Labute approximate surface area is 173 Å². The van der Waals surface area contributed by atoms with Crippen molar-refractivity contribution in [2.75, 3.05) is 19.8 Å². The van der Waals surface area contributed by atoms with Crippen LogP contribution in [0.2, 0.25) is 0 Å². The maximum absolute atomic E-state index is 12.3. The summed E-state index contributed by atoms with van der Waals surface area (Å²) in [6.07, 6.45) is -1.38. The Morgan fingerprint density at radius 1 is 1.03 bits per heavy atom. The Kier molecular flexibility index (Phi) is 7.00. The van der Waals surface area contributed by atoms with Gasteiger partial charge in [-0.05, 0) is 28.7 Å². The number of benzene rings is 2. The molecule has 0 saturated carbocycles. The molecule has 2 aromatic rings. The number of aliphatic carboxylic acids is 1. The third kappa shape index (κ3) is 4.94. The maximum atomic E-state index is 12.3. The number of amides is 2. The number of carboxylic acids is 1. The summed E-state index contributed by atoms with van der Waals surface area (Å²) in [4.78, 5) is 35.4. The molecule has 0 aliphatic heterocycles. The van der Waals surface area contributed by atoms with E-state index in [2.05, 4.69) is 10.6 Å². The fourth-order valence-electron chi connectivity index (χ4n) is 3.57. The van der Waals surface area contributed by atoms with Crippen molar-refractivity contribution >= 4 is 18.0 Å². The smallest absolute Gasteiger partial charge is 0.407 e. The third-order valence-electron chi connectivity index (χ3n) is 4.94. The molecule has 0 aromatic heterocycles. The molecule has 1 unspecified atom stereocenters. The summed E-state index contributed by atoms with van der Waals surface area (Å²) in [5, 5.41) is 13.7. The van der Waals surface area contributed by atoms with Crippen LogP contribution in [0.3, 0.4) is 0 Å². The first kappa shape index (κ1) is 21.3. The van der Waals surface area contributed by atoms with E-state index < -0.39 is 37.1 Å². The molecule has 2 amide bonds. The normalized spacial score (nSPS) is 13.1. The molecule has 0 fully saturated rings. The number of nitrogens with one attached hydrogen (secondary N) is 2. The van der Waals surface area contributed by atoms with Gasteiger partial charge in [0, 0.05) is 12.5 Å². The number of alkyl halides is 1. The standard InChI is InChI=1S/C22H23FN2O5/c23-10-5-11-24-21(28)19(12-20(26)27)25-22(29)30-13-18-16-8-3-1-6-14(16)15-7-2-4-9-17(15)18/h1-4,6-9,18-19H,5,10-13H2,(H,24,28)(H,25,29)(H,26,27). The Bertz CT molecular complexity index is 888. The first-order valence-corrected chi connectivity index (χ1v) is 9.68. The maximum Gasteiger partial charge on any atom is 0.407 e. The van der Waals surface area contributed by atoms with E-state index in [0.717, 1.165) is 22.3 Å². The molecule has 1 atom stereocenters. The zero-order valence-electron chi connectivity index (χ0n) is 16.3. The van der Waals surface area contributed by atoms with Crippen molar-refractivity contribution in [3.63, 3.8) is 0 Å². The minimum atomic E-state index is -1.31. The highest BCUT2D eigenvalue weighted by molar-refractivity contribution is 5.89. The summed E-state index contributed by atoms with van der Waals surface area (Å²) in [5.74, 6) is -2.10. The summed E-state index contributed by atoms with van der Waals surface area (Å²) >= 11 is 0. The van der Waals surface area contributed by atoms with Gasteiger partial charge in [0.15, 0.2) is 0 Å². The molecule has 0 saturated heterocycles. The number of carbonyl (C=O) groups excluding carboxylic acids is 2. The van der Waals surface area contributed by atoms with Gasteiger partial charge in [-0.1, -0.05) is 48.5 Å². The third-order valence-corrected chi connectivity index (χ3v) is 4.94. The van der Waals surface area contributed by atoms with Crippen LogP contribution >= 0.6 is 0 Å². The van der Waals surface area contributed by atoms with Gasteiger partial charge in [-0.15, -0.1) is 0 Å². The molecule has 3 rings (SSSR count). The second-order valence-corrected chi connectivity index (χ2v) is 6.95. The zero-order chi connectivity index (χ0) is 21.5. The zero-order valence-corrected chi connectivity index (χ0v) is 16.3. The number of halogens is 1. The molecule has 2 aromatic carbocycles. The number of hydrogen-bond acceptors (Lipinski definition) is 4. The highest BCUT2D eigenvalue weighted by Gasteiger charge is 2.30. The molecule has 0 radical (unpaired) electrons. The highest BCUT2D eigenvalue weighted by atomic mass is 19.1. The molecule has 1 aliphatic rings. The van der Waals surface area contributed by atoms with Gasteiger partial charge in [-0.3, -0.25) is 14.0 Å². The van der Waals surface area contributed by atoms with Gasteiger partial charge >= 0.3 is 12.1 Å². The van der Waals surface area contributed by atoms with Gasteiger partial charge in [0.05, 0.1) is 13.1 Å². The van der Waals surface area contributed by atoms with Gasteiger partial charge in [0.2, 0.25) is 5.91 Å². The second-order valence-electron chi connectivity index (χ2n) is 6.95. The van der Waals surface area contributed by atoms with Crippen molar-refractivity contribution in [1.82, 2.24) is 10.6 Å². The van der Waals surface area contributed by atoms with Crippen LogP contribution in [0.1, 0.15) is 29.9 Å². The second kappa shape index (κ2) is 9.87. The van der Waals surface area contributed by atoms with Crippen LogP contribution in [0.15, 0.2) is 48.5 Å². The lowest BCUT2D eigenvalue weighted by atomic mass is 9.98. The molecular weight excluding hydrogens is 391 g/mol. The topological polar surface area (TPSA) is 105 Å². The average Bonchev–Trinajstić information content (AvgIpc) is 3.05. The van der Waals surface area contributed by atoms with Crippen molar-refractivity contribution < 1.29 is 28.6 Å². The van der Waals surface area contributed by atoms with Gasteiger partial charge in [-0.25, -0.2) is 4.79 Å². The Hall–Kier alpha value is -3.42. The number of rotatable bonds is 9. The van der Waals surface area contributed by atoms with E-state index in [1.807, 2.05) is 48.5 Å². The van der Waals surface area contributed by atoms with E-state index in [9.17, 15) is 18.8 Å². The Balaban J connectivity index is 1.64. The van der Waals surface area contributed by atoms with Gasteiger partial charge < -0.3 is 20.5 Å². The summed E-state index contributed by atoms with van der Waals surface area (Å²) < 4.78 is 17.5. The number of fused-ring (bicyclic) bond motifs is 3. The van der Waals surface area contributed by atoms with Crippen LogP contribution < -0.4 is 10.6 Å². The SMILES string of the molecule is O=C(O)CC(NC(=O)OCC1c2ccccc2-c2ccccc21)C(=O)NCCCF.